The lowest BCUT2D eigenvalue weighted by Gasteiger charge is -2.29. The Hall–Kier alpha value is -1.87. The van der Waals surface area contributed by atoms with Crippen molar-refractivity contribution in [3.63, 3.8) is 0 Å². The molecule has 4 atom stereocenters. The summed E-state index contributed by atoms with van der Waals surface area (Å²) in [6.45, 7) is 8.25. The zero-order valence-electron chi connectivity index (χ0n) is 15.4. The largest absolute Gasteiger partial charge is 0.511 e. The molecule has 3 heteroatoms. The molecule has 1 saturated heterocycles. The molecule has 1 fully saturated rings. The van der Waals surface area contributed by atoms with Crippen LogP contribution in [0.15, 0.2) is 30.0 Å². The Balaban J connectivity index is 1.80. The second kappa shape index (κ2) is 5.57. The molecule has 0 spiro atoms. The zero-order valence-corrected chi connectivity index (χ0v) is 15.4. The maximum atomic E-state index is 13.4. The highest BCUT2D eigenvalue weighted by atomic mass is 16.5. The van der Waals surface area contributed by atoms with Gasteiger partial charge in [-0.3, -0.25) is 4.79 Å². The molecule has 1 aliphatic carbocycles. The quantitative estimate of drug-likeness (QED) is 0.817. The summed E-state index contributed by atoms with van der Waals surface area (Å²) in [7, 11) is 0. The van der Waals surface area contributed by atoms with Crippen LogP contribution in [0.25, 0.3) is 5.57 Å². The normalized spacial score (nSPS) is 32.8. The molecule has 2 aliphatic heterocycles. The number of aryl methyl sites for hydroxylation is 3. The van der Waals surface area contributed by atoms with E-state index in [4.69, 9.17) is 4.74 Å². The molecule has 3 nitrogen and oxygen atoms in total. The van der Waals surface area contributed by atoms with Crippen LogP contribution in [0.1, 0.15) is 48.4 Å². The van der Waals surface area contributed by atoms with Crippen molar-refractivity contribution in [2.24, 2.45) is 11.8 Å². The number of Topliss-reactive ketones (excluding diaryl/α,β-unsaturated/α-hetero) is 1. The average Bonchev–Trinajstić information content (AvgIpc) is 3.18. The number of hydrogen-bond acceptors (Lipinski definition) is 3. The molecule has 3 aliphatic rings. The number of ether oxygens (including phenoxy) is 1. The molecule has 0 radical (unpaired) electrons. The van der Waals surface area contributed by atoms with Crippen LogP contribution in [0.3, 0.4) is 0 Å². The lowest BCUT2D eigenvalue weighted by molar-refractivity contribution is -0.121. The Kier molecular flexibility index (Phi) is 3.69. The first kappa shape index (κ1) is 16.6. The van der Waals surface area contributed by atoms with E-state index in [-0.39, 0.29) is 29.5 Å². The first-order valence-electron chi connectivity index (χ1n) is 9.32. The minimum absolute atomic E-state index is 0.0560. The lowest BCUT2D eigenvalue weighted by Crippen LogP contribution is -2.38. The van der Waals surface area contributed by atoms with Gasteiger partial charge in [-0.05, 0) is 43.9 Å². The minimum atomic E-state index is -0.523. The van der Waals surface area contributed by atoms with Gasteiger partial charge >= 0.3 is 0 Å². The number of unbranched alkanes of at least 4 members (excludes halogenated alkanes) is 1. The van der Waals surface area contributed by atoms with E-state index >= 15 is 0 Å². The van der Waals surface area contributed by atoms with Crippen molar-refractivity contribution in [3.05, 3.63) is 52.3 Å². The third-order valence-electron chi connectivity index (χ3n) is 6.11. The summed E-state index contributed by atoms with van der Waals surface area (Å²) in [5, 5.41) is 11.0. The van der Waals surface area contributed by atoms with Gasteiger partial charge in [0.05, 0.1) is 29.1 Å². The molecular weight excluding hydrogens is 312 g/mol. The predicted octanol–water partition coefficient (Wildman–Crippen LogP) is 4.59. The molecule has 1 N–H and O–H groups in total. The second-order valence-corrected chi connectivity index (χ2v) is 7.90. The molecule has 2 heterocycles. The zero-order chi connectivity index (χ0) is 17.9. The van der Waals surface area contributed by atoms with E-state index in [0.29, 0.717) is 5.57 Å². The van der Waals surface area contributed by atoms with Crippen LogP contribution in [-0.4, -0.2) is 22.6 Å². The molecule has 2 bridgehead atoms. The number of aliphatic hydroxyl groups is 1. The van der Waals surface area contributed by atoms with Crippen LogP contribution in [0.4, 0.5) is 0 Å². The molecule has 1 aromatic rings. The van der Waals surface area contributed by atoms with Gasteiger partial charge in [-0.2, -0.15) is 0 Å². The van der Waals surface area contributed by atoms with Crippen LogP contribution in [0.5, 0.6) is 0 Å². The first-order valence-corrected chi connectivity index (χ1v) is 9.32. The first-order chi connectivity index (χ1) is 11.9. The summed E-state index contributed by atoms with van der Waals surface area (Å²) in [5.41, 5.74) is 4.20. The van der Waals surface area contributed by atoms with E-state index in [9.17, 15) is 9.90 Å². The number of benzene rings is 1. The SMILES string of the molecule is CCCC[C@]12C=C[C@H](O1)[C@@H]1C(O)=C(c3c(C)cc(C)cc3C)C(=O)[C@@H]12. The number of hydrogen-bond donors (Lipinski definition) is 1. The van der Waals surface area contributed by atoms with E-state index in [1.54, 1.807) is 0 Å². The topological polar surface area (TPSA) is 46.5 Å². The van der Waals surface area contributed by atoms with Crippen molar-refractivity contribution in [1.82, 2.24) is 0 Å². The van der Waals surface area contributed by atoms with E-state index in [0.717, 1.165) is 36.0 Å². The fourth-order valence-corrected chi connectivity index (χ4v) is 5.18. The number of carbonyl (C=O) groups excluding carboxylic acids is 1. The van der Waals surface area contributed by atoms with Crippen molar-refractivity contribution >= 4 is 11.4 Å². The Bertz CT molecular complexity index is 794. The number of fused-ring (bicyclic) bond motifs is 5. The van der Waals surface area contributed by atoms with Crippen molar-refractivity contribution in [2.75, 3.05) is 0 Å². The molecule has 0 aromatic heterocycles. The van der Waals surface area contributed by atoms with E-state index in [1.165, 1.54) is 5.56 Å². The average molecular weight is 338 g/mol. The number of carbonyl (C=O) groups is 1. The van der Waals surface area contributed by atoms with E-state index in [1.807, 2.05) is 19.9 Å². The number of allylic oxidation sites excluding steroid dienone is 1. The Morgan fingerprint density at radius 2 is 1.88 bits per heavy atom. The molecule has 0 amide bonds. The highest BCUT2D eigenvalue weighted by molar-refractivity contribution is 6.26. The molecule has 1 aromatic carbocycles. The molecule has 25 heavy (non-hydrogen) atoms. The maximum absolute atomic E-state index is 13.4. The fraction of sp³-hybridized carbons (Fsp3) is 0.500. The van der Waals surface area contributed by atoms with Gasteiger partial charge in [0, 0.05) is 0 Å². The van der Waals surface area contributed by atoms with Gasteiger partial charge in [-0.15, -0.1) is 0 Å². The highest BCUT2D eigenvalue weighted by Crippen LogP contribution is 2.58. The summed E-state index contributed by atoms with van der Waals surface area (Å²) >= 11 is 0. The van der Waals surface area contributed by atoms with Crippen LogP contribution >= 0.6 is 0 Å². The van der Waals surface area contributed by atoms with Crippen LogP contribution in [0.2, 0.25) is 0 Å². The van der Waals surface area contributed by atoms with Gasteiger partial charge in [0.15, 0.2) is 5.78 Å². The van der Waals surface area contributed by atoms with Crippen molar-refractivity contribution in [1.29, 1.82) is 0 Å². The molecular formula is C22H26O3. The molecule has 4 rings (SSSR count). The highest BCUT2D eigenvalue weighted by Gasteiger charge is 2.64. The Morgan fingerprint density at radius 3 is 2.52 bits per heavy atom. The Morgan fingerprint density at radius 1 is 1.20 bits per heavy atom. The summed E-state index contributed by atoms with van der Waals surface area (Å²) < 4.78 is 6.21. The molecule has 0 saturated carbocycles. The van der Waals surface area contributed by atoms with Gasteiger partial charge in [0.1, 0.15) is 5.76 Å². The molecule has 0 unspecified atom stereocenters. The van der Waals surface area contributed by atoms with Gasteiger partial charge in [-0.1, -0.05) is 49.6 Å². The van der Waals surface area contributed by atoms with Gasteiger partial charge in [0.2, 0.25) is 0 Å². The van der Waals surface area contributed by atoms with Crippen LogP contribution in [0, 0.1) is 32.6 Å². The van der Waals surface area contributed by atoms with Crippen molar-refractivity contribution in [2.45, 2.75) is 58.7 Å². The maximum Gasteiger partial charge on any atom is 0.174 e. The smallest absolute Gasteiger partial charge is 0.174 e. The van der Waals surface area contributed by atoms with Gasteiger partial charge < -0.3 is 9.84 Å². The van der Waals surface area contributed by atoms with E-state index < -0.39 is 5.60 Å². The molecule has 132 valence electrons. The van der Waals surface area contributed by atoms with Crippen LogP contribution in [-0.2, 0) is 9.53 Å². The van der Waals surface area contributed by atoms with Gasteiger partial charge in [-0.25, -0.2) is 0 Å². The van der Waals surface area contributed by atoms with Crippen molar-refractivity contribution < 1.29 is 14.6 Å². The number of rotatable bonds is 4. The second-order valence-electron chi connectivity index (χ2n) is 7.90. The summed E-state index contributed by atoms with van der Waals surface area (Å²) in [6.07, 6.45) is 6.88. The standard InChI is InChI=1S/C22H26O3/c1-5-6-8-22-9-7-15(25-22)17-19(22)21(24)18(20(17)23)16-13(3)10-12(2)11-14(16)4/h7,9-11,15,17,19,23H,5-6,8H2,1-4H3/t15-,17-,19+,22+/m0/s1. The number of aliphatic hydroxyl groups excluding tert-OH is 1. The third kappa shape index (κ3) is 2.18. The van der Waals surface area contributed by atoms with E-state index in [2.05, 4.69) is 32.1 Å². The lowest BCUT2D eigenvalue weighted by atomic mass is 9.73. The summed E-state index contributed by atoms with van der Waals surface area (Å²) in [5.74, 6) is -0.202. The third-order valence-corrected chi connectivity index (χ3v) is 6.11. The van der Waals surface area contributed by atoms with Crippen molar-refractivity contribution in [3.8, 4) is 0 Å². The predicted molar refractivity (Wildman–Crippen MR) is 98.5 cm³/mol. The minimum Gasteiger partial charge on any atom is -0.511 e. The summed E-state index contributed by atoms with van der Waals surface area (Å²) in [6, 6.07) is 4.17. The number of ketones is 1. The fourth-order valence-electron chi connectivity index (χ4n) is 5.18. The Labute approximate surface area is 149 Å². The monoisotopic (exact) mass is 338 g/mol. The van der Waals surface area contributed by atoms with Crippen LogP contribution < -0.4 is 0 Å². The summed E-state index contributed by atoms with van der Waals surface area (Å²) in [4.78, 5) is 13.4. The van der Waals surface area contributed by atoms with Gasteiger partial charge in [0.25, 0.3) is 0 Å².